The first-order chi connectivity index (χ1) is 45.4. The summed E-state index contributed by atoms with van der Waals surface area (Å²) in [5.74, 6) is -10.6. The number of anilines is 1. The van der Waals surface area contributed by atoms with Gasteiger partial charge in [-0.1, -0.05) is 43.3 Å². The molecular formula is C61H86F2N16O16. The lowest BCUT2D eigenvalue weighted by atomic mass is 10.0. The third-order valence-corrected chi connectivity index (χ3v) is 15.2. The number of carbonyl (C=O) groups is 11. The molecule has 0 radical (unpaired) electrons. The molecule has 2 heterocycles. The molecule has 95 heavy (non-hydrogen) atoms. The molecule has 2 aliphatic rings. The average molecular weight is 1340 g/mol. The van der Waals surface area contributed by atoms with Crippen LogP contribution < -0.4 is 53.6 Å². The number of phenols is 1. The first kappa shape index (κ1) is 76.2. The highest BCUT2D eigenvalue weighted by Gasteiger charge is 2.35. The number of nitrogens with one attached hydrogen (secondary N) is 9. The maximum atomic E-state index is 14.8. The molecule has 0 spiro atoms. The number of halogens is 2. The average Bonchev–Trinajstić information content (AvgIpc) is 1.67. The molecule has 2 aliphatic heterocycles. The summed E-state index contributed by atoms with van der Waals surface area (Å²) in [4.78, 5) is 152. The smallest absolute Gasteiger partial charge is 0.321 e. The van der Waals surface area contributed by atoms with Gasteiger partial charge in [-0.3, -0.25) is 82.8 Å². The number of hydrogen-bond acceptors (Lipinski definition) is 19. The molecule has 1 fully saturated rings. The number of guanidine groups is 1. The minimum Gasteiger partial charge on any atom is -0.508 e. The highest BCUT2D eigenvalue weighted by Crippen LogP contribution is 2.33. The number of aromatic hydroxyl groups is 1. The van der Waals surface area contributed by atoms with Gasteiger partial charge in [0.05, 0.1) is 32.8 Å². The van der Waals surface area contributed by atoms with Crippen molar-refractivity contribution in [2.24, 2.45) is 10.7 Å². The zero-order valence-corrected chi connectivity index (χ0v) is 52.8. The van der Waals surface area contributed by atoms with Crippen LogP contribution >= 0.6 is 0 Å². The quantitative estimate of drug-likeness (QED) is 0.0170. The van der Waals surface area contributed by atoms with E-state index < -0.39 is 114 Å². The minimum atomic E-state index is -1.39. The second kappa shape index (κ2) is 39.9. The van der Waals surface area contributed by atoms with Crippen LogP contribution in [0.3, 0.4) is 0 Å². The molecule has 16 N–H and O–H groups in total. The van der Waals surface area contributed by atoms with Crippen molar-refractivity contribution in [1.29, 1.82) is 0 Å². The molecule has 3 atom stereocenters. The van der Waals surface area contributed by atoms with Gasteiger partial charge >= 0.3 is 23.9 Å². The Morgan fingerprint density at radius 3 is 1.68 bits per heavy atom. The minimum absolute atomic E-state index is 0.0556. The number of aliphatic hydroxyl groups excluding tert-OH is 1. The molecule has 0 saturated carbocycles. The molecule has 520 valence electrons. The number of carbonyl (C=O) groups excluding carboxylic acids is 8. The number of urea groups is 1. The van der Waals surface area contributed by atoms with Gasteiger partial charge in [0.25, 0.3) is 0 Å². The van der Waals surface area contributed by atoms with Gasteiger partial charge in [0.1, 0.15) is 35.5 Å². The second-order valence-electron chi connectivity index (χ2n) is 22.5. The summed E-state index contributed by atoms with van der Waals surface area (Å²) in [6.07, 6.45) is -0.0456. The van der Waals surface area contributed by atoms with Crippen molar-refractivity contribution in [2.45, 2.75) is 83.2 Å². The first-order valence-corrected chi connectivity index (χ1v) is 31.0. The lowest BCUT2D eigenvalue weighted by Crippen LogP contribution is -2.50. The Bertz CT molecular complexity index is 3100. The lowest BCUT2D eigenvalue weighted by Gasteiger charge is -2.32. The van der Waals surface area contributed by atoms with E-state index in [1.165, 1.54) is 0 Å². The van der Waals surface area contributed by atoms with Crippen molar-refractivity contribution < 1.29 is 87.1 Å². The van der Waals surface area contributed by atoms with Gasteiger partial charge in [-0.15, -0.1) is 0 Å². The summed E-state index contributed by atoms with van der Waals surface area (Å²) < 4.78 is 29.6. The van der Waals surface area contributed by atoms with Gasteiger partial charge in [0, 0.05) is 147 Å². The van der Waals surface area contributed by atoms with E-state index in [0.29, 0.717) is 30.8 Å². The number of amides is 9. The number of nitrogens with zero attached hydrogens (tertiary/aromatic N) is 6. The highest BCUT2D eigenvalue weighted by atomic mass is 19.1. The van der Waals surface area contributed by atoms with Crippen molar-refractivity contribution in [3.63, 3.8) is 0 Å². The second-order valence-corrected chi connectivity index (χ2v) is 22.5. The van der Waals surface area contributed by atoms with Crippen molar-refractivity contribution in [2.75, 3.05) is 123 Å². The van der Waals surface area contributed by atoms with Crippen LogP contribution in [0.15, 0.2) is 65.7 Å². The van der Waals surface area contributed by atoms with E-state index >= 15 is 0 Å². The molecule has 3 aromatic carbocycles. The van der Waals surface area contributed by atoms with Gasteiger partial charge < -0.3 is 73.8 Å². The van der Waals surface area contributed by atoms with Crippen molar-refractivity contribution >= 4 is 76.9 Å². The Labute approximate surface area is 546 Å². The zero-order valence-electron chi connectivity index (χ0n) is 52.8. The molecule has 3 aromatic rings. The molecule has 5 rings (SSSR count). The van der Waals surface area contributed by atoms with E-state index in [2.05, 4.69) is 52.8 Å². The molecule has 0 bridgehead atoms. The number of nitrogens with two attached hydrogens (primary N) is 1. The standard InChI is InChI=1S/C61H86F2N16O16/c1-2-49(82)66-18-19-69-61(95)74-60(64)68-16-6-12-47(57(92)70-31-44-45(62)29-43(81)30-46(44)63)73-59(94)56(79-32-40-8-3-4-9-41(40)33-79)39-10-5-11-42(28-39)71-50(83)13-7-15-67-58(93)48(38-80)72-51(84)14-17-65-52(85)34-75-20-22-76(35-53(86)87)24-26-78(37-55(90)91)27-25-77(23-21-75)36-54(88)89/h3-5,8-11,28-30,47-48,56,80-81H,2,6-7,12-27,31-38H2,1H3,(H,65,85)(H,66,82)(H,67,93)(H,70,92)(H,71,83)(H,72,84)(H,73,94)(H,86,87)(H,88,89)(H,90,91)(H4,64,68,69,74,95)/t47-,48-,56+/m1/s1. The Hall–Kier alpha value is -9.48. The predicted octanol–water partition coefficient (Wildman–Crippen LogP) is -2.26. The molecule has 1 saturated heterocycles. The van der Waals surface area contributed by atoms with E-state index in [0.717, 1.165) is 11.1 Å². The Morgan fingerprint density at radius 1 is 0.579 bits per heavy atom. The monoisotopic (exact) mass is 1340 g/mol. The summed E-state index contributed by atoms with van der Waals surface area (Å²) in [6, 6.07) is 10.8. The number of fused-ring (bicyclic) bond motifs is 1. The number of phenolic OH excluding ortho intramolecular Hbond substituents is 1. The Balaban J connectivity index is 1.15. The van der Waals surface area contributed by atoms with Gasteiger partial charge in [0.15, 0.2) is 5.96 Å². The number of carboxylic acids is 3. The number of carboxylic acid groups (broad SMARTS) is 3. The molecular weight excluding hydrogens is 1250 g/mol. The van der Waals surface area contributed by atoms with Crippen LogP contribution in [0, 0.1) is 11.6 Å². The largest absolute Gasteiger partial charge is 0.508 e. The van der Waals surface area contributed by atoms with Crippen LogP contribution in [0.25, 0.3) is 0 Å². The van der Waals surface area contributed by atoms with E-state index in [1.54, 1.807) is 50.8 Å². The van der Waals surface area contributed by atoms with Gasteiger partial charge in [-0.25, -0.2) is 13.6 Å². The molecule has 0 aromatic heterocycles. The summed E-state index contributed by atoms with van der Waals surface area (Å²) in [6.45, 7) is 1.13. The number of aliphatic hydroxyl groups is 1. The summed E-state index contributed by atoms with van der Waals surface area (Å²) in [5, 5.41) is 71.3. The van der Waals surface area contributed by atoms with Crippen LogP contribution in [-0.4, -0.2) is 251 Å². The number of aliphatic imine (C=N–C) groups is 1. The Kier molecular flexibility index (Phi) is 32.0. The number of aliphatic carboxylic acids is 3. The Morgan fingerprint density at radius 2 is 1.13 bits per heavy atom. The molecule has 34 heteroatoms. The topological polar surface area (TPSA) is 452 Å². The lowest BCUT2D eigenvalue weighted by molar-refractivity contribution is -0.140. The van der Waals surface area contributed by atoms with Gasteiger partial charge in [-0.2, -0.15) is 0 Å². The fourth-order valence-corrected chi connectivity index (χ4v) is 10.3. The fraction of sp³-hybridized carbons (Fsp3) is 0.508. The van der Waals surface area contributed by atoms with Crippen molar-refractivity contribution in [1.82, 2.24) is 67.0 Å². The highest BCUT2D eigenvalue weighted by molar-refractivity contribution is 5.95. The SMILES string of the molecule is CCC(=O)NCCNC(=O)NC(N)=NCCC[C@@H](NC(=O)[C@H](c1cccc(NC(=O)CCCNC(=O)[C@@H](CO)NC(=O)CCNC(=O)CN2CCN(CC(=O)O)CCN(CC(=O)O)CCN(CC(=O)O)CC2)c1)N1Cc2ccccc2C1)C(=O)NCc1c(F)cc(O)cc1F. The summed E-state index contributed by atoms with van der Waals surface area (Å²) in [5.41, 5.74) is 7.92. The van der Waals surface area contributed by atoms with E-state index in [1.807, 2.05) is 29.2 Å². The maximum Gasteiger partial charge on any atom is 0.321 e. The van der Waals surface area contributed by atoms with Crippen molar-refractivity contribution in [3.05, 3.63) is 94.6 Å². The zero-order chi connectivity index (χ0) is 69.4. The third kappa shape index (κ3) is 27.9. The van der Waals surface area contributed by atoms with Crippen LogP contribution in [0.2, 0.25) is 0 Å². The van der Waals surface area contributed by atoms with Crippen LogP contribution in [0.1, 0.15) is 73.7 Å². The van der Waals surface area contributed by atoms with Gasteiger partial charge in [0.2, 0.25) is 41.4 Å². The molecule has 9 amide bonds. The maximum absolute atomic E-state index is 14.8. The third-order valence-electron chi connectivity index (χ3n) is 15.2. The van der Waals surface area contributed by atoms with Crippen LogP contribution in [0.5, 0.6) is 5.75 Å². The van der Waals surface area contributed by atoms with Crippen LogP contribution in [-0.2, 0) is 67.6 Å². The van der Waals surface area contributed by atoms with E-state index in [4.69, 9.17) is 5.73 Å². The fourth-order valence-electron chi connectivity index (χ4n) is 10.3. The number of rotatable bonds is 34. The van der Waals surface area contributed by atoms with E-state index in [9.17, 15) is 87.1 Å². The normalized spacial score (nSPS) is 15.4. The predicted molar refractivity (Wildman–Crippen MR) is 338 cm³/mol. The molecule has 0 unspecified atom stereocenters. The molecule has 0 aliphatic carbocycles. The van der Waals surface area contributed by atoms with E-state index in [-0.39, 0.29) is 167 Å². The number of benzene rings is 3. The van der Waals surface area contributed by atoms with Gasteiger partial charge in [-0.05, 0) is 48.1 Å². The van der Waals surface area contributed by atoms with Crippen molar-refractivity contribution in [3.8, 4) is 5.75 Å². The first-order valence-electron chi connectivity index (χ1n) is 31.0. The van der Waals surface area contributed by atoms with Crippen LogP contribution in [0.4, 0.5) is 19.3 Å². The summed E-state index contributed by atoms with van der Waals surface area (Å²) in [7, 11) is 0. The molecule has 32 nitrogen and oxygen atoms in total. The summed E-state index contributed by atoms with van der Waals surface area (Å²) >= 11 is 0. The number of hydrogen-bond donors (Lipinski definition) is 15.